The maximum Gasteiger partial charge on any atom is 0.412 e. The van der Waals surface area contributed by atoms with Gasteiger partial charge >= 0.3 is 6.09 Å². The van der Waals surface area contributed by atoms with Crippen molar-refractivity contribution in [3.05, 3.63) is 47.4 Å². The number of hydrogen-bond donors (Lipinski definition) is 2. The Morgan fingerprint density at radius 2 is 1.82 bits per heavy atom. The second kappa shape index (κ2) is 11.0. The largest absolute Gasteiger partial charge is 0.444 e. The Hall–Kier alpha value is -3.67. The molecule has 0 radical (unpaired) electrons. The van der Waals surface area contributed by atoms with Gasteiger partial charge in [0.25, 0.3) is 5.91 Å². The van der Waals surface area contributed by atoms with E-state index in [1.165, 1.54) is 6.07 Å². The van der Waals surface area contributed by atoms with Crippen molar-refractivity contribution in [3.63, 3.8) is 0 Å². The molecule has 38 heavy (non-hydrogen) atoms. The zero-order valence-corrected chi connectivity index (χ0v) is 22.5. The van der Waals surface area contributed by atoms with Crippen molar-refractivity contribution in [2.24, 2.45) is 12.0 Å². The number of aromatic nitrogens is 3. The molecule has 1 fully saturated rings. The molecule has 1 aliphatic carbocycles. The summed E-state index contributed by atoms with van der Waals surface area (Å²) in [5, 5.41) is 9.57. The van der Waals surface area contributed by atoms with Crippen LogP contribution in [0.25, 0.3) is 10.6 Å². The molecule has 1 aromatic carbocycles. The van der Waals surface area contributed by atoms with Crippen LogP contribution < -0.4 is 10.6 Å². The van der Waals surface area contributed by atoms with E-state index in [-0.39, 0.29) is 27.7 Å². The van der Waals surface area contributed by atoms with Crippen molar-refractivity contribution in [1.82, 2.24) is 14.8 Å². The second-order valence-electron chi connectivity index (χ2n) is 10.1. The molecule has 4 rings (SSSR count). The Morgan fingerprint density at radius 3 is 2.42 bits per heavy atom. The molecule has 9 nitrogen and oxygen atoms in total. The molecule has 0 saturated heterocycles. The quantitative estimate of drug-likeness (QED) is 0.362. The third kappa shape index (κ3) is 6.07. The Morgan fingerprint density at radius 1 is 1.16 bits per heavy atom. The number of nitrogens with one attached hydrogen (secondary N) is 2. The lowest BCUT2D eigenvalue weighted by atomic mass is 9.84. The van der Waals surface area contributed by atoms with Gasteiger partial charge in [-0.3, -0.25) is 19.8 Å². The predicted octanol–water partition coefficient (Wildman–Crippen LogP) is 6.15. The Balaban J connectivity index is 1.66. The molecule has 0 atom stereocenters. The van der Waals surface area contributed by atoms with Gasteiger partial charge in [-0.15, -0.1) is 0 Å². The molecule has 2 heterocycles. The number of benzene rings is 1. The van der Waals surface area contributed by atoms with E-state index < -0.39 is 34.8 Å². The molecule has 3 aromatic rings. The average Bonchev–Trinajstić information content (AvgIpc) is 3.41. The zero-order chi connectivity index (χ0) is 27.6. The third-order valence-electron chi connectivity index (χ3n) is 6.21. The average molecular weight is 545 g/mol. The van der Waals surface area contributed by atoms with Gasteiger partial charge in [0.05, 0.1) is 23.1 Å². The first kappa shape index (κ1) is 27.4. The van der Waals surface area contributed by atoms with Crippen molar-refractivity contribution in [3.8, 4) is 10.6 Å². The molecule has 0 unspecified atom stereocenters. The molecule has 1 aliphatic rings. The van der Waals surface area contributed by atoms with E-state index in [1.54, 1.807) is 38.7 Å². The minimum Gasteiger partial charge on any atom is -0.444 e. The molecule has 0 bridgehead atoms. The Labute approximate surface area is 223 Å². The lowest BCUT2D eigenvalue weighted by molar-refractivity contribution is 0.0636. The second-order valence-corrected chi connectivity index (χ2v) is 11.1. The molecule has 2 aromatic heterocycles. The summed E-state index contributed by atoms with van der Waals surface area (Å²) in [4.78, 5) is 34.3. The smallest absolute Gasteiger partial charge is 0.412 e. The molecule has 2 amide bonds. The number of aliphatic imine (C=N–C) groups is 1. The highest BCUT2D eigenvalue weighted by Crippen LogP contribution is 2.39. The normalized spacial score (nSPS) is 17.6. The van der Waals surface area contributed by atoms with Crippen LogP contribution in [0.2, 0.25) is 0 Å². The van der Waals surface area contributed by atoms with E-state index >= 15 is 0 Å². The van der Waals surface area contributed by atoms with Crippen molar-refractivity contribution in [2.45, 2.75) is 64.0 Å². The first-order valence-electron chi connectivity index (χ1n) is 12.2. The fraction of sp³-hybridized carbons (Fsp3) is 0.423. The molecular formula is C26H30F2N6O3S. The summed E-state index contributed by atoms with van der Waals surface area (Å²) in [5.74, 6) is -2.18. The Bertz CT molecular complexity index is 1340. The molecule has 2 N–H and O–H groups in total. The van der Waals surface area contributed by atoms with E-state index in [9.17, 15) is 18.4 Å². The highest BCUT2D eigenvalue weighted by atomic mass is 32.1. The number of ether oxygens (including phenoxy) is 1. The molecule has 0 aliphatic heterocycles. The summed E-state index contributed by atoms with van der Waals surface area (Å²) < 4.78 is 36.1. The van der Waals surface area contributed by atoms with Crippen LogP contribution in [0, 0.1) is 11.6 Å². The SMILES string of the molecule is C=NC1CCC(c2c(NC(=O)c3nc(-c4c(F)cccc4F)sc3NC(=O)OC(C)(C)C)cnn2C)CC1. The number of hydrogen-bond acceptors (Lipinski definition) is 7. The standard InChI is InChI=1S/C26H30F2N6O3S/c1-26(2,3)37-25(36)33-24-20(32-23(38-24)19-16(27)7-6-8-17(19)28)22(35)31-18-13-30-34(5)21(18)14-9-11-15(29-4)12-10-14/h6-8,13-15H,4,9-12H2,1-3,5H3,(H,31,35)(H,33,36). The van der Waals surface area contributed by atoms with Gasteiger partial charge in [-0.05, 0) is 65.3 Å². The number of amides is 2. The molecule has 202 valence electrons. The highest BCUT2D eigenvalue weighted by molar-refractivity contribution is 7.19. The first-order valence-corrected chi connectivity index (χ1v) is 13.0. The van der Waals surface area contributed by atoms with E-state index in [0.717, 1.165) is 54.8 Å². The maximum atomic E-state index is 14.5. The van der Waals surface area contributed by atoms with Crippen molar-refractivity contribution in [1.29, 1.82) is 0 Å². The number of aryl methyl sites for hydroxylation is 1. The zero-order valence-electron chi connectivity index (χ0n) is 21.7. The minimum atomic E-state index is -0.839. The fourth-order valence-electron chi connectivity index (χ4n) is 4.50. The van der Waals surface area contributed by atoms with Crippen LogP contribution in [0.1, 0.15) is 68.6 Å². The van der Waals surface area contributed by atoms with Gasteiger partial charge in [-0.2, -0.15) is 5.10 Å². The van der Waals surface area contributed by atoms with Gasteiger partial charge in [0, 0.05) is 19.0 Å². The summed E-state index contributed by atoms with van der Waals surface area (Å²) >= 11 is 0.773. The number of halogens is 2. The number of nitrogens with zero attached hydrogens (tertiary/aromatic N) is 4. The van der Waals surface area contributed by atoms with Gasteiger partial charge in [0.2, 0.25) is 0 Å². The van der Waals surface area contributed by atoms with Crippen LogP contribution in [0.15, 0.2) is 29.4 Å². The Kier molecular flexibility index (Phi) is 7.91. The van der Waals surface area contributed by atoms with Gasteiger partial charge in [-0.1, -0.05) is 17.4 Å². The lowest BCUT2D eigenvalue weighted by Gasteiger charge is -2.27. The number of rotatable bonds is 6. The van der Waals surface area contributed by atoms with Crippen LogP contribution >= 0.6 is 11.3 Å². The van der Waals surface area contributed by atoms with E-state index in [0.29, 0.717) is 5.69 Å². The predicted molar refractivity (Wildman–Crippen MR) is 143 cm³/mol. The van der Waals surface area contributed by atoms with Crippen molar-refractivity contribution in [2.75, 3.05) is 10.6 Å². The van der Waals surface area contributed by atoms with Gasteiger partial charge in [-0.25, -0.2) is 18.6 Å². The summed E-state index contributed by atoms with van der Waals surface area (Å²) in [5.41, 5.74) is -0.0330. The van der Waals surface area contributed by atoms with Crippen LogP contribution in [0.3, 0.4) is 0 Å². The van der Waals surface area contributed by atoms with Crippen molar-refractivity contribution < 1.29 is 23.1 Å². The molecule has 12 heteroatoms. The van der Waals surface area contributed by atoms with E-state index in [2.05, 4.69) is 32.4 Å². The monoisotopic (exact) mass is 544 g/mol. The third-order valence-corrected chi connectivity index (χ3v) is 7.20. The number of thiazole rings is 1. The highest BCUT2D eigenvalue weighted by Gasteiger charge is 2.29. The summed E-state index contributed by atoms with van der Waals surface area (Å²) in [6.07, 6.45) is 4.23. The van der Waals surface area contributed by atoms with Gasteiger partial charge in [0.1, 0.15) is 27.2 Å². The molecule has 1 saturated carbocycles. The van der Waals surface area contributed by atoms with E-state index in [4.69, 9.17) is 4.74 Å². The van der Waals surface area contributed by atoms with Crippen LogP contribution in [0.4, 0.5) is 24.3 Å². The first-order chi connectivity index (χ1) is 18.0. The van der Waals surface area contributed by atoms with E-state index in [1.807, 2.05) is 0 Å². The van der Waals surface area contributed by atoms with Gasteiger partial charge < -0.3 is 10.1 Å². The van der Waals surface area contributed by atoms with Gasteiger partial charge in [0.15, 0.2) is 5.69 Å². The number of anilines is 2. The van der Waals surface area contributed by atoms with Crippen LogP contribution in [-0.4, -0.2) is 45.1 Å². The van der Waals surface area contributed by atoms with Crippen LogP contribution in [-0.2, 0) is 11.8 Å². The minimum absolute atomic E-state index is 0.00240. The summed E-state index contributed by atoms with van der Waals surface area (Å²) in [7, 11) is 1.81. The summed E-state index contributed by atoms with van der Waals surface area (Å²) in [6.45, 7) is 8.72. The number of carbonyl (C=O) groups excluding carboxylic acids is 2. The topological polar surface area (TPSA) is 110 Å². The fourth-order valence-corrected chi connectivity index (χ4v) is 5.50. The van der Waals surface area contributed by atoms with Crippen molar-refractivity contribution >= 4 is 40.7 Å². The lowest BCUT2D eigenvalue weighted by Crippen LogP contribution is -2.27. The van der Waals surface area contributed by atoms with Crippen LogP contribution in [0.5, 0.6) is 0 Å². The summed E-state index contributed by atoms with van der Waals surface area (Å²) in [6, 6.07) is 3.65. The number of carbonyl (C=O) groups is 2. The molecular weight excluding hydrogens is 514 g/mol. The maximum absolute atomic E-state index is 14.5. The molecule has 0 spiro atoms.